The Morgan fingerprint density at radius 3 is 2.31 bits per heavy atom. The Balaban J connectivity index is 0.00000169. The van der Waals surface area contributed by atoms with Gasteiger partial charge in [0.1, 0.15) is 0 Å². The highest BCUT2D eigenvalue weighted by molar-refractivity contribution is 5.85. The van der Waals surface area contributed by atoms with Crippen molar-refractivity contribution in [2.45, 2.75) is 31.7 Å². The van der Waals surface area contributed by atoms with Crippen molar-refractivity contribution < 1.29 is 4.79 Å². The SMILES string of the molecule is CC(C(=O)N1CCC(c2ccnn2C)CC1)C(N)c1ccccc1.Cl.Cl. The second-order valence-corrected chi connectivity index (χ2v) is 6.70. The number of halogens is 2. The lowest BCUT2D eigenvalue weighted by Crippen LogP contribution is -2.43. The summed E-state index contributed by atoms with van der Waals surface area (Å²) in [5.74, 6) is 0.440. The highest BCUT2D eigenvalue weighted by Gasteiger charge is 2.30. The van der Waals surface area contributed by atoms with Crippen molar-refractivity contribution in [3.63, 3.8) is 0 Å². The summed E-state index contributed by atoms with van der Waals surface area (Å²) >= 11 is 0. The van der Waals surface area contributed by atoms with Crippen LogP contribution in [0.2, 0.25) is 0 Å². The summed E-state index contributed by atoms with van der Waals surface area (Å²) in [6, 6.07) is 11.7. The summed E-state index contributed by atoms with van der Waals surface area (Å²) in [5.41, 5.74) is 8.59. The molecule has 1 aromatic carbocycles. The molecule has 144 valence electrons. The number of hydrogen-bond acceptors (Lipinski definition) is 3. The van der Waals surface area contributed by atoms with Gasteiger partial charge in [-0.05, 0) is 24.5 Å². The normalized spacial score (nSPS) is 17.0. The van der Waals surface area contributed by atoms with E-state index in [1.807, 2.05) is 60.1 Å². The molecule has 0 radical (unpaired) electrons. The van der Waals surface area contributed by atoms with Crippen LogP contribution in [0.5, 0.6) is 0 Å². The molecular formula is C19H28Cl2N4O. The van der Waals surface area contributed by atoms with Gasteiger partial charge in [0.15, 0.2) is 0 Å². The standard InChI is InChI=1S/C19H26N4O.2ClH/c1-14(18(20)16-6-4-3-5-7-16)19(24)23-12-9-15(10-13-23)17-8-11-21-22(17)2;;/h3-8,11,14-15,18H,9-10,12-13,20H2,1-2H3;2*1H. The van der Waals surface area contributed by atoms with Crippen LogP contribution in [0.4, 0.5) is 0 Å². The van der Waals surface area contributed by atoms with Gasteiger partial charge in [0.25, 0.3) is 0 Å². The predicted molar refractivity (Wildman–Crippen MR) is 109 cm³/mol. The van der Waals surface area contributed by atoms with E-state index in [2.05, 4.69) is 11.2 Å². The van der Waals surface area contributed by atoms with Crippen LogP contribution in [-0.2, 0) is 11.8 Å². The fraction of sp³-hybridized carbons (Fsp3) is 0.474. The summed E-state index contributed by atoms with van der Waals surface area (Å²) in [7, 11) is 1.98. The van der Waals surface area contributed by atoms with Crippen molar-refractivity contribution in [3.05, 3.63) is 53.9 Å². The van der Waals surface area contributed by atoms with E-state index < -0.39 is 0 Å². The minimum Gasteiger partial charge on any atom is -0.342 e. The maximum Gasteiger partial charge on any atom is 0.227 e. The van der Waals surface area contributed by atoms with Gasteiger partial charge in [-0.1, -0.05) is 37.3 Å². The molecule has 1 aliphatic rings. The number of aryl methyl sites for hydroxylation is 1. The minimum absolute atomic E-state index is 0. The van der Waals surface area contributed by atoms with Crippen molar-refractivity contribution in [2.24, 2.45) is 18.7 Å². The van der Waals surface area contributed by atoms with Crippen LogP contribution in [0.15, 0.2) is 42.6 Å². The molecular weight excluding hydrogens is 371 g/mol. The van der Waals surface area contributed by atoms with Gasteiger partial charge in [-0.15, -0.1) is 24.8 Å². The number of piperidine rings is 1. The molecule has 1 aromatic heterocycles. The molecule has 5 nitrogen and oxygen atoms in total. The van der Waals surface area contributed by atoms with Crippen molar-refractivity contribution in [1.82, 2.24) is 14.7 Å². The van der Waals surface area contributed by atoms with Gasteiger partial charge in [0, 0.05) is 44.0 Å². The van der Waals surface area contributed by atoms with Crippen LogP contribution in [0.1, 0.15) is 43.0 Å². The zero-order chi connectivity index (χ0) is 17.1. The number of hydrogen-bond donors (Lipinski definition) is 1. The average Bonchev–Trinajstić information content (AvgIpc) is 3.06. The first-order chi connectivity index (χ1) is 11.6. The number of nitrogens with zero attached hydrogens (tertiary/aromatic N) is 3. The van der Waals surface area contributed by atoms with E-state index in [0.717, 1.165) is 31.5 Å². The second-order valence-electron chi connectivity index (χ2n) is 6.70. The van der Waals surface area contributed by atoms with E-state index in [1.54, 1.807) is 0 Å². The number of amides is 1. The van der Waals surface area contributed by atoms with Crippen molar-refractivity contribution in [3.8, 4) is 0 Å². The quantitative estimate of drug-likeness (QED) is 0.858. The van der Waals surface area contributed by atoms with Crippen LogP contribution in [0, 0.1) is 5.92 Å². The Hall–Kier alpha value is -1.56. The van der Waals surface area contributed by atoms with E-state index in [9.17, 15) is 4.79 Å². The van der Waals surface area contributed by atoms with Crippen LogP contribution < -0.4 is 5.73 Å². The van der Waals surface area contributed by atoms with Crippen LogP contribution in [-0.4, -0.2) is 33.7 Å². The monoisotopic (exact) mass is 398 g/mol. The van der Waals surface area contributed by atoms with Gasteiger partial charge >= 0.3 is 0 Å². The fourth-order valence-electron chi connectivity index (χ4n) is 3.59. The molecule has 0 bridgehead atoms. The van der Waals surface area contributed by atoms with Gasteiger partial charge in [-0.2, -0.15) is 5.10 Å². The molecule has 2 unspecified atom stereocenters. The Morgan fingerprint density at radius 1 is 1.15 bits per heavy atom. The zero-order valence-electron chi connectivity index (χ0n) is 15.2. The molecule has 7 heteroatoms. The Morgan fingerprint density at radius 2 is 1.77 bits per heavy atom. The maximum absolute atomic E-state index is 12.8. The third-order valence-corrected chi connectivity index (χ3v) is 5.20. The first-order valence-corrected chi connectivity index (χ1v) is 8.65. The lowest BCUT2D eigenvalue weighted by Gasteiger charge is -2.34. The summed E-state index contributed by atoms with van der Waals surface area (Å²) in [6.07, 6.45) is 3.81. The number of benzene rings is 1. The molecule has 26 heavy (non-hydrogen) atoms. The minimum atomic E-state index is -0.256. The number of aromatic nitrogens is 2. The van der Waals surface area contributed by atoms with Crippen LogP contribution in [0.25, 0.3) is 0 Å². The van der Waals surface area contributed by atoms with E-state index in [0.29, 0.717) is 5.92 Å². The summed E-state index contributed by atoms with van der Waals surface area (Å²) in [5, 5.41) is 4.25. The third-order valence-electron chi connectivity index (χ3n) is 5.20. The molecule has 2 N–H and O–H groups in total. The number of carbonyl (C=O) groups excluding carboxylic acids is 1. The Labute approximate surface area is 167 Å². The molecule has 2 atom stereocenters. The molecule has 0 aliphatic carbocycles. The van der Waals surface area contributed by atoms with E-state index in [4.69, 9.17) is 5.73 Å². The molecule has 1 aliphatic heterocycles. The van der Waals surface area contributed by atoms with Gasteiger partial charge < -0.3 is 10.6 Å². The second kappa shape index (κ2) is 9.95. The van der Waals surface area contributed by atoms with E-state index >= 15 is 0 Å². The Kier molecular flexibility index (Phi) is 8.60. The van der Waals surface area contributed by atoms with Crippen molar-refractivity contribution >= 4 is 30.7 Å². The lowest BCUT2D eigenvalue weighted by molar-refractivity contribution is -0.136. The summed E-state index contributed by atoms with van der Waals surface area (Å²) in [6.45, 7) is 3.52. The summed E-state index contributed by atoms with van der Waals surface area (Å²) in [4.78, 5) is 14.8. The van der Waals surface area contributed by atoms with E-state index in [1.165, 1.54) is 5.69 Å². The topological polar surface area (TPSA) is 64.2 Å². The molecule has 0 saturated carbocycles. The maximum atomic E-state index is 12.8. The zero-order valence-corrected chi connectivity index (χ0v) is 16.9. The molecule has 1 amide bonds. The average molecular weight is 399 g/mol. The van der Waals surface area contributed by atoms with Gasteiger partial charge in [-0.25, -0.2) is 0 Å². The molecule has 1 saturated heterocycles. The van der Waals surface area contributed by atoms with E-state index in [-0.39, 0.29) is 42.7 Å². The largest absolute Gasteiger partial charge is 0.342 e. The first-order valence-electron chi connectivity index (χ1n) is 8.65. The lowest BCUT2D eigenvalue weighted by atomic mass is 9.90. The molecule has 2 heterocycles. The third kappa shape index (κ3) is 4.78. The molecule has 0 spiro atoms. The number of rotatable bonds is 4. The highest BCUT2D eigenvalue weighted by Crippen LogP contribution is 2.29. The smallest absolute Gasteiger partial charge is 0.227 e. The number of likely N-dealkylation sites (tertiary alicyclic amines) is 1. The van der Waals surface area contributed by atoms with Gasteiger partial charge in [0.2, 0.25) is 5.91 Å². The number of carbonyl (C=O) groups is 1. The van der Waals surface area contributed by atoms with Crippen LogP contribution >= 0.6 is 24.8 Å². The molecule has 1 fully saturated rings. The van der Waals surface area contributed by atoms with Crippen LogP contribution in [0.3, 0.4) is 0 Å². The van der Waals surface area contributed by atoms with Gasteiger partial charge in [0.05, 0.1) is 5.92 Å². The predicted octanol–water partition coefficient (Wildman–Crippen LogP) is 3.31. The van der Waals surface area contributed by atoms with Crippen molar-refractivity contribution in [2.75, 3.05) is 13.1 Å². The highest BCUT2D eigenvalue weighted by atomic mass is 35.5. The fourth-order valence-corrected chi connectivity index (χ4v) is 3.59. The number of nitrogens with two attached hydrogens (primary N) is 1. The molecule has 2 aromatic rings. The summed E-state index contributed by atoms with van der Waals surface area (Å²) < 4.78 is 1.94. The molecule has 3 rings (SSSR count). The van der Waals surface area contributed by atoms with Crippen molar-refractivity contribution in [1.29, 1.82) is 0 Å². The Bertz CT molecular complexity index is 684. The first kappa shape index (κ1) is 22.5. The van der Waals surface area contributed by atoms with Gasteiger partial charge in [-0.3, -0.25) is 9.48 Å².